The molecule has 2 aromatic carbocycles. The number of carboxylic acid groups (broad SMARTS) is 1. The monoisotopic (exact) mass is 535 g/mol. The van der Waals surface area contributed by atoms with Gasteiger partial charge in [-0.2, -0.15) is 13.2 Å². The Bertz CT molecular complexity index is 1320. The minimum absolute atomic E-state index is 0.0757. The van der Waals surface area contributed by atoms with Gasteiger partial charge in [-0.3, -0.25) is 4.79 Å². The Hall–Kier alpha value is -4.16. The number of alkyl halides is 3. The van der Waals surface area contributed by atoms with Crippen molar-refractivity contribution in [2.45, 2.75) is 25.1 Å². The molecule has 0 bridgehead atoms. The first-order valence-electron chi connectivity index (χ1n) is 11.8. The fourth-order valence-corrected chi connectivity index (χ4v) is 3.83. The van der Waals surface area contributed by atoms with Crippen LogP contribution in [-0.2, 0) is 4.79 Å². The van der Waals surface area contributed by atoms with E-state index in [0.29, 0.717) is 37.8 Å². The third kappa shape index (κ3) is 6.39. The van der Waals surface area contributed by atoms with Gasteiger partial charge in [-0.1, -0.05) is 12.1 Å². The summed E-state index contributed by atoms with van der Waals surface area (Å²) in [7, 11) is 1.39. The number of nitrogens with zero attached hydrogens (tertiary/aromatic N) is 4. The molecule has 9 nitrogen and oxygen atoms in total. The summed E-state index contributed by atoms with van der Waals surface area (Å²) in [6, 6.07) is 12.5. The van der Waals surface area contributed by atoms with Crippen LogP contribution >= 0.6 is 0 Å². The minimum atomic E-state index is -5.08. The largest absolute Gasteiger partial charge is 0.494 e. The molecule has 0 atom stereocenters. The van der Waals surface area contributed by atoms with Gasteiger partial charge in [-0.15, -0.1) is 0 Å². The lowest BCUT2D eigenvalue weighted by Gasteiger charge is -2.36. The van der Waals surface area contributed by atoms with Gasteiger partial charge in [-0.25, -0.2) is 19.2 Å². The van der Waals surface area contributed by atoms with Crippen molar-refractivity contribution in [2.75, 3.05) is 43.5 Å². The van der Waals surface area contributed by atoms with Crippen molar-refractivity contribution < 1.29 is 37.0 Å². The molecule has 3 aromatic rings. The van der Waals surface area contributed by atoms with Crippen molar-refractivity contribution in [2.24, 2.45) is 0 Å². The summed E-state index contributed by atoms with van der Waals surface area (Å²) in [6.07, 6.45) is -2.78. The molecule has 2 fully saturated rings. The molecule has 1 saturated heterocycles. The van der Waals surface area contributed by atoms with Gasteiger partial charge in [-0.05, 0) is 43.2 Å². The number of benzene rings is 2. The van der Waals surface area contributed by atoms with Crippen LogP contribution < -0.4 is 15.0 Å². The summed E-state index contributed by atoms with van der Waals surface area (Å²) < 4.78 is 50.4. The van der Waals surface area contributed by atoms with Gasteiger partial charge >= 0.3 is 12.1 Å². The number of ether oxygens (including phenoxy) is 1. The zero-order valence-electron chi connectivity index (χ0n) is 20.3. The third-order valence-electron chi connectivity index (χ3n) is 5.98. The lowest BCUT2D eigenvalue weighted by molar-refractivity contribution is -0.192. The summed E-state index contributed by atoms with van der Waals surface area (Å²) in [5, 5.41) is 10.6. The maximum atomic E-state index is 13.7. The minimum Gasteiger partial charge on any atom is -0.494 e. The molecule has 38 heavy (non-hydrogen) atoms. The van der Waals surface area contributed by atoms with Crippen molar-refractivity contribution in [3.05, 3.63) is 53.8 Å². The van der Waals surface area contributed by atoms with Crippen LogP contribution in [0.1, 0.15) is 23.2 Å². The van der Waals surface area contributed by atoms with Crippen molar-refractivity contribution in [3.8, 4) is 5.75 Å². The number of nitrogens with one attached hydrogen (secondary N) is 1. The molecule has 2 aliphatic rings. The van der Waals surface area contributed by atoms with E-state index in [0.717, 1.165) is 35.5 Å². The number of para-hydroxylation sites is 2. The molecule has 0 radical (unpaired) electrons. The van der Waals surface area contributed by atoms with E-state index in [1.165, 1.54) is 25.3 Å². The lowest BCUT2D eigenvalue weighted by Crippen LogP contribution is -2.49. The van der Waals surface area contributed by atoms with E-state index in [1.807, 2.05) is 24.3 Å². The average molecular weight is 535 g/mol. The number of piperazine rings is 1. The van der Waals surface area contributed by atoms with Gasteiger partial charge in [0.05, 0.1) is 18.1 Å². The fourth-order valence-electron chi connectivity index (χ4n) is 3.83. The SMILES string of the molecule is COc1cc(C(=O)N2CCN(c3nc4ccccc4nc3NC3CC3)CC2)ccc1F.O=C(O)C(F)(F)F. The molecule has 1 aromatic heterocycles. The topological polar surface area (TPSA) is 108 Å². The highest BCUT2D eigenvalue weighted by Crippen LogP contribution is 2.31. The van der Waals surface area contributed by atoms with E-state index < -0.39 is 18.0 Å². The Kier molecular flexibility index (Phi) is 7.83. The number of aromatic nitrogens is 2. The van der Waals surface area contributed by atoms with Gasteiger partial charge in [0.1, 0.15) is 0 Å². The number of carbonyl (C=O) groups excluding carboxylic acids is 1. The lowest BCUT2D eigenvalue weighted by atomic mass is 10.1. The number of fused-ring (bicyclic) bond motifs is 1. The zero-order chi connectivity index (χ0) is 27.4. The quantitative estimate of drug-likeness (QED) is 0.473. The summed E-state index contributed by atoms with van der Waals surface area (Å²) >= 11 is 0. The Morgan fingerprint density at radius 2 is 1.63 bits per heavy atom. The van der Waals surface area contributed by atoms with E-state index in [9.17, 15) is 22.4 Å². The molecule has 0 unspecified atom stereocenters. The van der Waals surface area contributed by atoms with Crippen molar-refractivity contribution in [3.63, 3.8) is 0 Å². The van der Waals surface area contributed by atoms with E-state index in [1.54, 1.807) is 4.90 Å². The normalized spacial score (nSPS) is 15.5. The van der Waals surface area contributed by atoms with Crippen LogP contribution in [0.15, 0.2) is 42.5 Å². The predicted octanol–water partition coefficient (Wildman–Crippen LogP) is 3.95. The maximum absolute atomic E-state index is 13.7. The molecular formula is C25H25F4N5O4. The number of rotatable bonds is 5. The first-order valence-corrected chi connectivity index (χ1v) is 11.8. The average Bonchev–Trinajstić information content (AvgIpc) is 3.72. The molecule has 2 heterocycles. The number of carbonyl (C=O) groups is 2. The number of amides is 1. The highest BCUT2D eigenvalue weighted by Gasteiger charge is 2.38. The third-order valence-corrected chi connectivity index (χ3v) is 5.98. The molecule has 1 aliphatic heterocycles. The number of hydrogen-bond acceptors (Lipinski definition) is 7. The molecule has 1 amide bonds. The maximum Gasteiger partial charge on any atom is 0.490 e. The first-order chi connectivity index (χ1) is 18.1. The van der Waals surface area contributed by atoms with E-state index in [2.05, 4.69) is 10.2 Å². The highest BCUT2D eigenvalue weighted by molar-refractivity contribution is 5.95. The first kappa shape index (κ1) is 26.9. The number of methoxy groups -OCH3 is 1. The number of carboxylic acids is 1. The summed E-state index contributed by atoms with van der Waals surface area (Å²) in [5.41, 5.74) is 2.15. The van der Waals surface area contributed by atoms with Crippen LogP contribution in [0.4, 0.5) is 29.2 Å². The second-order valence-electron chi connectivity index (χ2n) is 8.73. The van der Waals surface area contributed by atoms with Crippen LogP contribution in [0.5, 0.6) is 5.75 Å². The number of aliphatic carboxylic acids is 1. The van der Waals surface area contributed by atoms with Gasteiger partial charge in [0.2, 0.25) is 0 Å². The second-order valence-corrected chi connectivity index (χ2v) is 8.73. The Balaban J connectivity index is 0.000000426. The van der Waals surface area contributed by atoms with E-state index in [-0.39, 0.29) is 11.7 Å². The Morgan fingerprint density at radius 3 is 2.18 bits per heavy atom. The van der Waals surface area contributed by atoms with Gasteiger partial charge in [0.25, 0.3) is 5.91 Å². The van der Waals surface area contributed by atoms with E-state index in [4.69, 9.17) is 24.6 Å². The second kappa shape index (κ2) is 11.1. The standard InChI is InChI=1S/C23H24FN5O2.C2HF3O2/c1-31-20-14-15(6-9-17(20)24)23(30)29-12-10-28(11-13-29)22-21(25-16-7-8-16)26-18-4-2-3-5-19(18)27-22;3-2(4,5)1(6)7/h2-6,9,14,16H,7-8,10-13H2,1H3,(H,25,26);(H,6,7). The van der Waals surface area contributed by atoms with Gasteiger partial charge in [0.15, 0.2) is 23.2 Å². The van der Waals surface area contributed by atoms with Crippen molar-refractivity contribution >= 4 is 34.5 Å². The number of hydrogen-bond donors (Lipinski definition) is 2. The molecule has 2 N–H and O–H groups in total. The Labute approximate surface area is 215 Å². The highest BCUT2D eigenvalue weighted by atomic mass is 19.4. The predicted molar refractivity (Wildman–Crippen MR) is 131 cm³/mol. The summed E-state index contributed by atoms with van der Waals surface area (Å²) in [6.45, 7) is 2.40. The Morgan fingerprint density at radius 1 is 1.03 bits per heavy atom. The van der Waals surface area contributed by atoms with Crippen molar-refractivity contribution in [1.29, 1.82) is 0 Å². The number of anilines is 2. The summed E-state index contributed by atoms with van der Waals surface area (Å²) in [5.74, 6) is -1.64. The molecule has 202 valence electrons. The smallest absolute Gasteiger partial charge is 0.490 e. The van der Waals surface area contributed by atoms with E-state index >= 15 is 0 Å². The zero-order valence-corrected chi connectivity index (χ0v) is 20.3. The molecule has 5 rings (SSSR count). The number of halogens is 4. The molecule has 0 spiro atoms. The van der Waals surface area contributed by atoms with Crippen LogP contribution in [0, 0.1) is 5.82 Å². The molecule has 1 aliphatic carbocycles. The van der Waals surface area contributed by atoms with Gasteiger partial charge in [0, 0.05) is 37.8 Å². The van der Waals surface area contributed by atoms with Crippen LogP contribution in [0.25, 0.3) is 11.0 Å². The fraction of sp³-hybridized carbons (Fsp3) is 0.360. The van der Waals surface area contributed by atoms with Crippen LogP contribution in [0.3, 0.4) is 0 Å². The molecule has 13 heteroatoms. The molecular weight excluding hydrogens is 510 g/mol. The van der Waals surface area contributed by atoms with Gasteiger partial charge < -0.3 is 25.0 Å². The van der Waals surface area contributed by atoms with Crippen LogP contribution in [-0.4, -0.2) is 77.4 Å². The summed E-state index contributed by atoms with van der Waals surface area (Å²) in [4.78, 5) is 35.5. The van der Waals surface area contributed by atoms with Crippen LogP contribution in [0.2, 0.25) is 0 Å². The molecule has 1 saturated carbocycles. The van der Waals surface area contributed by atoms with Crippen molar-refractivity contribution in [1.82, 2.24) is 14.9 Å².